The molecule has 72 heavy (non-hydrogen) atoms. The van der Waals surface area contributed by atoms with Crippen LogP contribution in [0.25, 0.3) is 0 Å². The Labute approximate surface area is 442 Å². The van der Waals surface area contributed by atoms with Crippen LogP contribution in [-0.2, 0) is 28.5 Å². The number of fused-ring (bicyclic) bond motifs is 2. The zero-order valence-electron chi connectivity index (χ0n) is 45.7. The maximum absolute atomic E-state index is 13.1. The molecular formula is C59H97BrO12. The maximum atomic E-state index is 13.1. The summed E-state index contributed by atoms with van der Waals surface area (Å²) in [5.74, 6) is -1.21. The van der Waals surface area contributed by atoms with Crippen LogP contribution in [0.5, 0.6) is 0 Å². The van der Waals surface area contributed by atoms with Crippen LogP contribution in [0.4, 0.5) is 0 Å². The normalized spacial score (nSPS) is 25.7. The monoisotopic (exact) mass is 1080 g/mol. The second-order valence-electron chi connectivity index (χ2n) is 21.9. The molecule has 0 aromatic carbocycles. The van der Waals surface area contributed by atoms with Gasteiger partial charge in [-0.15, -0.1) is 0 Å². The van der Waals surface area contributed by atoms with Gasteiger partial charge in [0.1, 0.15) is 29.7 Å². The van der Waals surface area contributed by atoms with Crippen LogP contribution in [0, 0.1) is 11.3 Å². The highest BCUT2D eigenvalue weighted by atomic mass is 79.9. The third-order valence-corrected chi connectivity index (χ3v) is 15.2. The summed E-state index contributed by atoms with van der Waals surface area (Å²) in [4.78, 5) is 27.9. The Morgan fingerprint density at radius 2 is 1.50 bits per heavy atom. The zero-order chi connectivity index (χ0) is 54.0. The molecule has 2 bridgehead atoms. The number of carbonyl (C=O) groups is 2. The lowest BCUT2D eigenvalue weighted by Gasteiger charge is -2.38. The van der Waals surface area contributed by atoms with Gasteiger partial charge in [0.05, 0.1) is 43.7 Å². The molecule has 0 amide bonds. The summed E-state index contributed by atoms with van der Waals surface area (Å²) in [6.07, 6.45) is 17.6. The van der Waals surface area contributed by atoms with Crippen LogP contribution in [0.3, 0.4) is 0 Å². The molecule has 2 rings (SSSR count). The molecule has 0 aromatic rings. The molecular weight excluding hydrogens is 981 g/mol. The molecule has 1 fully saturated rings. The van der Waals surface area contributed by atoms with E-state index in [2.05, 4.69) is 36.0 Å². The molecule has 2 aliphatic heterocycles. The summed E-state index contributed by atoms with van der Waals surface area (Å²) in [6.45, 7) is 22.7. The number of rotatable bonds is 31. The van der Waals surface area contributed by atoms with Crippen molar-refractivity contribution in [1.82, 2.24) is 0 Å². The van der Waals surface area contributed by atoms with Crippen LogP contribution in [-0.4, -0.2) is 110 Å². The standard InChI is InChI=1S/C59H97BrO12/c1-12-13-14-15-16-17-18-19-20-21-22-23-24-28-56(67)70-47(35-44(6)51(39-60)69-11)36-49(62)45(7)50(63)38-53(65)58(8,9)52(64)32-43(5)33-54(66)59(10)55-37-48(72-59)31-42(4)29-41(3)30-46(61)27-25-26-40(2)34-57(68)71-55/h25-26,29,33-34,39,45-50,52-55,61-66H,3,6,12-24,27-28,30-32,35-38H2,1-2,4-5,7-11H3/b26-25+,40-34+,42-29+,43-33+,51-39+/t45-,46+,47-,48-,49-,50+,52+,53-,54+,55+,59+/m0/s1. The lowest BCUT2D eigenvalue weighted by molar-refractivity contribution is -0.163. The molecule has 0 saturated carbocycles. The topological polar surface area (TPSA) is 192 Å². The molecule has 2 heterocycles. The maximum Gasteiger partial charge on any atom is 0.331 e. The first-order valence-corrected chi connectivity index (χ1v) is 27.9. The summed E-state index contributed by atoms with van der Waals surface area (Å²) in [5, 5.41) is 68.3. The van der Waals surface area contributed by atoms with E-state index in [0.29, 0.717) is 54.6 Å². The van der Waals surface area contributed by atoms with Crippen LogP contribution in [0.2, 0.25) is 0 Å². The molecule has 0 spiro atoms. The van der Waals surface area contributed by atoms with E-state index in [-0.39, 0.29) is 38.1 Å². The lowest BCUT2D eigenvalue weighted by atomic mass is 9.75. The minimum atomic E-state index is -1.34. The minimum absolute atomic E-state index is 0.0174. The van der Waals surface area contributed by atoms with Crippen molar-refractivity contribution in [3.05, 3.63) is 82.1 Å². The number of hydrogen-bond donors (Lipinski definition) is 6. The number of halogens is 1. The first-order chi connectivity index (χ1) is 34.0. The molecule has 0 aliphatic carbocycles. The molecule has 6 N–H and O–H groups in total. The van der Waals surface area contributed by atoms with Crippen molar-refractivity contribution in [2.75, 3.05) is 7.11 Å². The molecule has 1 saturated heterocycles. The Hall–Kier alpha value is -2.88. The van der Waals surface area contributed by atoms with Gasteiger partial charge in [-0.05, 0) is 70.9 Å². The number of unbranched alkanes of at least 4 members (excludes halogenated alkanes) is 12. The smallest absolute Gasteiger partial charge is 0.331 e. The quantitative estimate of drug-likeness (QED) is 0.0127. The fourth-order valence-electron chi connectivity index (χ4n) is 9.66. The fourth-order valence-corrected chi connectivity index (χ4v) is 10.2. The number of carbonyl (C=O) groups excluding carboxylic acids is 2. The van der Waals surface area contributed by atoms with Crippen LogP contribution in [0.1, 0.15) is 197 Å². The van der Waals surface area contributed by atoms with Crippen molar-refractivity contribution in [1.29, 1.82) is 0 Å². The number of allylic oxidation sites excluding steroid dienone is 4. The minimum Gasteiger partial charge on any atom is -0.496 e. The van der Waals surface area contributed by atoms with Gasteiger partial charge in [-0.1, -0.05) is 175 Å². The Morgan fingerprint density at radius 1 is 0.917 bits per heavy atom. The molecule has 12 nitrogen and oxygen atoms in total. The first kappa shape index (κ1) is 65.2. The predicted octanol–water partition coefficient (Wildman–Crippen LogP) is 11.8. The average molecular weight is 1080 g/mol. The van der Waals surface area contributed by atoms with Gasteiger partial charge in [0.15, 0.2) is 0 Å². The van der Waals surface area contributed by atoms with E-state index in [1.807, 2.05) is 13.0 Å². The average Bonchev–Trinajstić information content (AvgIpc) is 3.61. The predicted molar refractivity (Wildman–Crippen MR) is 292 cm³/mol. The summed E-state index contributed by atoms with van der Waals surface area (Å²) in [5.41, 5.74) is 1.08. The van der Waals surface area contributed by atoms with Gasteiger partial charge >= 0.3 is 11.9 Å². The Bertz CT molecular complexity index is 1820. The Morgan fingerprint density at radius 3 is 2.08 bits per heavy atom. The molecule has 0 radical (unpaired) electrons. The summed E-state index contributed by atoms with van der Waals surface area (Å²) >= 11 is 3.29. The third kappa shape index (κ3) is 23.8. The van der Waals surface area contributed by atoms with Crippen LogP contribution in [0.15, 0.2) is 82.1 Å². The van der Waals surface area contributed by atoms with E-state index >= 15 is 0 Å². The molecule has 13 heteroatoms. The number of methoxy groups -OCH3 is 1. The Kier molecular flexibility index (Phi) is 30.7. The summed E-state index contributed by atoms with van der Waals surface area (Å²) in [6, 6.07) is 0. The van der Waals surface area contributed by atoms with Gasteiger partial charge in [0.2, 0.25) is 0 Å². The van der Waals surface area contributed by atoms with Gasteiger partial charge in [-0.25, -0.2) is 4.79 Å². The van der Waals surface area contributed by atoms with E-state index in [1.165, 1.54) is 71.0 Å². The Balaban J connectivity index is 2.06. The third-order valence-electron chi connectivity index (χ3n) is 14.8. The fraction of sp³-hybridized carbons (Fsp3) is 0.729. The number of esters is 2. The van der Waals surface area contributed by atoms with Crippen molar-refractivity contribution < 1.29 is 59.2 Å². The highest BCUT2D eigenvalue weighted by molar-refractivity contribution is 9.11. The highest BCUT2D eigenvalue weighted by Gasteiger charge is 2.51. The van der Waals surface area contributed by atoms with E-state index in [0.717, 1.165) is 30.4 Å². The van der Waals surface area contributed by atoms with Crippen molar-refractivity contribution >= 4 is 27.9 Å². The number of hydrogen-bond acceptors (Lipinski definition) is 12. The summed E-state index contributed by atoms with van der Waals surface area (Å²) < 4.78 is 23.8. The molecule has 0 unspecified atom stereocenters. The lowest BCUT2D eigenvalue weighted by Crippen LogP contribution is -2.48. The number of aliphatic hydroxyl groups excluding tert-OH is 6. The van der Waals surface area contributed by atoms with Crippen LogP contribution < -0.4 is 0 Å². The van der Waals surface area contributed by atoms with Gasteiger partial charge in [0.25, 0.3) is 0 Å². The van der Waals surface area contributed by atoms with Crippen molar-refractivity contribution in [3.8, 4) is 0 Å². The number of ether oxygens (including phenoxy) is 4. The largest absolute Gasteiger partial charge is 0.496 e. The van der Waals surface area contributed by atoms with Gasteiger partial charge in [-0.2, -0.15) is 0 Å². The van der Waals surface area contributed by atoms with E-state index in [1.54, 1.807) is 64.8 Å². The summed E-state index contributed by atoms with van der Waals surface area (Å²) in [7, 11) is 1.51. The SMILES string of the molecule is C=C1/C=C(\C)C[C@H]2C[C@@H](OC(=O)/C=C(C)/C=C/C[C@@H](O)C1)[C@@](C)([C@H](O)/C=C(\C)C[C@@H](O)C(C)(C)[C@@H](O)C[C@@H](O)[C@@H](C)[C@@H](O)C[C@H](CC(=C)/C(=C\Br)OC)OC(=O)CCCCCCCCCCCCCCC)O2. The van der Waals surface area contributed by atoms with Crippen molar-refractivity contribution in [2.45, 2.75) is 257 Å². The molecule has 2 aliphatic rings. The first-order valence-electron chi connectivity index (χ1n) is 27.0. The van der Waals surface area contributed by atoms with Crippen molar-refractivity contribution in [2.24, 2.45) is 11.3 Å². The van der Waals surface area contributed by atoms with Crippen molar-refractivity contribution in [3.63, 3.8) is 0 Å². The molecule has 412 valence electrons. The van der Waals surface area contributed by atoms with E-state index < -0.39 is 77.8 Å². The van der Waals surface area contributed by atoms with Gasteiger partial charge < -0.3 is 49.6 Å². The second kappa shape index (κ2) is 33.9. The van der Waals surface area contributed by atoms with E-state index in [4.69, 9.17) is 18.9 Å². The second-order valence-corrected chi connectivity index (χ2v) is 22.4. The van der Waals surface area contributed by atoms with E-state index in [9.17, 15) is 40.2 Å². The molecule has 0 aromatic heterocycles. The molecule has 11 atom stereocenters. The highest BCUT2D eigenvalue weighted by Crippen LogP contribution is 2.40. The zero-order valence-corrected chi connectivity index (χ0v) is 47.3. The van der Waals surface area contributed by atoms with Gasteiger partial charge in [0, 0.05) is 54.5 Å². The van der Waals surface area contributed by atoms with Crippen LogP contribution >= 0.6 is 15.9 Å². The van der Waals surface area contributed by atoms with Gasteiger partial charge in [-0.3, -0.25) is 4.79 Å². The number of aliphatic hydroxyl groups is 6.